The van der Waals surface area contributed by atoms with Crippen molar-refractivity contribution in [2.45, 2.75) is 0 Å². The molecule has 2 aromatic carbocycles. The van der Waals surface area contributed by atoms with Gasteiger partial charge in [0.1, 0.15) is 5.15 Å². The van der Waals surface area contributed by atoms with Gasteiger partial charge in [0.25, 0.3) is 5.56 Å². The van der Waals surface area contributed by atoms with Crippen LogP contribution >= 0.6 is 11.6 Å². The number of pyridine rings is 4. The van der Waals surface area contributed by atoms with Gasteiger partial charge in [0.05, 0.1) is 36.2 Å². The first-order valence-electron chi connectivity index (χ1n) is 11.3. The van der Waals surface area contributed by atoms with Crippen LogP contribution in [0, 0.1) is 0 Å². The smallest absolute Gasteiger partial charge is 0.337 e. The summed E-state index contributed by atoms with van der Waals surface area (Å²) in [4.78, 5) is 50.0. The lowest BCUT2D eigenvalue weighted by atomic mass is 10.1. The summed E-state index contributed by atoms with van der Waals surface area (Å²) in [5.74, 6) is -0.827. The van der Waals surface area contributed by atoms with Crippen LogP contribution in [0.5, 0.6) is 0 Å². The molecule has 0 aliphatic carbocycles. The fourth-order valence-corrected chi connectivity index (χ4v) is 4.43. The zero-order valence-electron chi connectivity index (χ0n) is 20.2. The number of methoxy groups -OCH3 is 2. The standard InChI is InChI=1S/C14H9ClN2O2.C14H10N2O3/c1-19-14(18)8-2-3-10-9-4-5-16-7-11(9)13(15)17-12(10)6-8;1-19-14(18)8-2-3-10-9-4-5-15-7-11(9)13(17)16-12(10)6-8/h2-7H,1H3;2-7H,1H3,(H,16,17). The largest absolute Gasteiger partial charge is 0.465 e. The molecule has 0 aliphatic rings. The molecule has 9 nitrogen and oxygen atoms in total. The number of nitrogens with zero attached hydrogens (tertiary/aromatic N) is 3. The highest BCUT2D eigenvalue weighted by Gasteiger charge is 2.11. The maximum atomic E-state index is 11.9. The highest BCUT2D eigenvalue weighted by molar-refractivity contribution is 6.35. The van der Waals surface area contributed by atoms with E-state index in [1.807, 2.05) is 12.1 Å². The van der Waals surface area contributed by atoms with Crippen molar-refractivity contribution in [2.75, 3.05) is 14.2 Å². The van der Waals surface area contributed by atoms with Crippen LogP contribution < -0.4 is 5.56 Å². The zero-order valence-corrected chi connectivity index (χ0v) is 20.9. The Balaban J connectivity index is 0.000000155. The molecule has 0 atom stereocenters. The second-order valence-electron chi connectivity index (χ2n) is 8.17. The monoisotopic (exact) mass is 526 g/mol. The van der Waals surface area contributed by atoms with E-state index >= 15 is 0 Å². The minimum absolute atomic E-state index is 0.224. The molecular formula is C28H19ClN4O5. The summed E-state index contributed by atoms with van der Waals surface area (Å²) in [6, 6.07) is 14.0. The molecule has 4 heterocycles. The third-order valence-corrected chi connectivity index (χ3v) is 6.30. The van der Waals surface area contributed by atoms with Gasteiger partial charge in [0.2, 0.25) is 0 Å². The Morgan fingerprint density at radius 3 is 1.97 bits per heavy atom. The van der Waals surface area contributed by atoms with E-state index in [0.717, 1.165) is 26.9 Å². The predicted molar refractivity (Wildman–Crippen MR) is 145 cm³/mol. The van der Waals surface area contributed by atoms with Gasteiger partial charge in [-0.15, -0.1) is 0 Å². The van der Waals surface area contributed by atoms with Gasteiger partial charge in [0, 0.05) is 46.5 Å². The van der Waals surface area contributed by atoms with Crippen molar-refractivity contribution >= 4 is 66.9 Å². The van der Waals surface area contributed by atoms with Crippen LogP contribution in [0.25, 0.3) is 43.4 Å². The topological polar surface area (TPSA) is 124 Å². The number of carbonyl (C=O) groups excluding carboxylic acids is 2. The van der Waals surface area contributed by atoms with Crippen molar-refractivity contribution in [2.24, 2.45) is 0 Å². The number of hydrogen-bond acceptors (Lipinski definition) is 8. The van der Waals surface area contributed by atoms with Crippen molar-refractivity contribution < 1.29 is 19.1 Å². The molecule has 0 unspecified atom stereocenters. The van der Waals surface area contributed by atoms with Gasteiger partial charge in [-0.25, -0.2) is 14.6 Å². The van der Waals surface area contributed by atoms with Gasteiger partial charge < -0.3 is 14.5 Å². The van der Waals surface area contributed by atoms with E-state index in [9.17, 15) is 14.4 Å². The molecule has 0 aliphatic heterocycles. The summed E-state index contributed by atoms with van der Waals surface area (Å²) < 4.78 is 9.36. The summed E-state index contributed by atoms with van der Waals surface area (Å²) in [6.45, 7) is 0. The zero-order chi connectivity index (χ0) is 26.8. The summed E-state index contributed by atoms with van der Waals surface area (Å²) in [5.41, 5.74) is 1.89. The minimum atomic E-state index is -0.433. The number of rotatable bonds is 2. The molecule has 0 bridgehead atoms. The van der Waals surface area contributed by atoms with Crippen molar-refractivity contribution in [3.63, 3.8) is 0 Å². The van der Waals surface area contributed by atoms with Crippen LogP contribution in [0.3, 0.4) is 0 Å². The van der Waals surface area contributed by atoms with E-state index in [1.165, 1.54) is 20.4 Å². The normalized spacial score (nSPS) is 10.8. The van der Waals surface area contributed by atoms with Crippen molar-refractivity contribution in [3.05, 3.63) is 100.0 Å². The van der Waals surface area contributed by atoms with Gasteiger partial charge in [-0.1, -0.05) is 23.7 Å². The Kier molecular flexibility index (Phi) is 6.68. The first-order chi connectivity index (χ1) is 18.4. The summed E-state index contributed by atoms with van der Waals surface area (Å²) in [6.07, 6.45) is 6.54. The quantitative estimate of drug-likeness (QED) is 0.188. The number of H-pyrrole nitrogens is 1. The van der Waals surface area contributed by atoms with E-state index in [-0.39, 0.29) is 5.56 Å². The number of esters is 2. The third kappa shape index (κ3) is 4.51. The SMILES string of the molecule is COC(=O)c1ccc2c(c1)[nH]c(=O)c1cnccc12.COC(=O)c1ccc2c(c1)nc(Cl)c1cnccc12. The van der Waals surface area contributed by atoms with Crippen LogP contribution in [-0.4, -0.2) is 46.1 Å². The molecule has 0 amide bonds. The van der Waals surface area contributed by atoms with Gasteiger partial charge in [-0.05, 0) is 47.2 Å². The lowest BCUT2D eigenvalue weighted by Crippen LogP contribution is -2.08. The number of fused-ring (bicyclic) bond motifs is 6. The molecule has 0 saturated heterocycles. The summed E-state index contributed by atoms with van der Waals surface area (Å²) in [7, 11) is 2.67. The Bertz CT molecular complexity index is 1940. The average molecular weight is 527 g/mol. The molecule has 38 heavy (non-hydrogen) atoms. The number of carbonyl (C=O) groups is 2. The van der Waals surface area contributed by atoms with Gasteiger partial charge in [-0.3, -0.25) is 14.8 Å². The fraction of sp³-hybridized carbons (Fsp3) is 0.0714. The molecule has 4 aromatic heterocycles. The lowest BCUT2D eigenvalue weighted by molar-refractivity contribution is 0.0592. The van der Waals surface area contributed by atoms with Gasteiger partial charge in [0.15, 0.2) is 0 Å². The number of aromatic nitrogens is 4. The molecule has 10 heteroatoms. The second kappa shape index (κ2) is 10.2. The predicted octanol–water partition coefficient (Wildman–Crippen LogP) is 5.09. The Hall–Kier alpha value is -4.89. The first kappa shape index (κ1) is 24.8. The summed E-state index contributed by atoms with van der Waals surface area (Å²) >= 11 is 6.13. The van der Waals surface area contributed by atoms with E-state index in [0.29, 0.717) is 32.7 Å². The molecule has 188 valence electrons. The maximum Gasteiger partial charge on any atom is 0.337 e. The molecular weight excluding hydrogens is 508 g/mol. The van der Waals surface area contributed by atoms with E-state index in [4.69, 9.17) is 16.3 Å². The second-order valence-corrected chi connectivity index (χ2v) is 8.53. The highest BCUT2D eigenvalue weighted by atomic mass is 35.5. The number of hydrogen-bond donors (Lipinski definition) is 1. The first-order valence-corrected chi connectivity index (χ1v) is 11.7. The Morgan fingerprint density at radius 2 is 1.32 bits per heavy atom. The number of ether oxygens (including phenoxy) is 2. The van der Waals surface area contributed by atoms with Crippen LogP contribution in [-0.2, 0) is 9.47 Å². The van der Waals surface area contributed by atoms with E-state index in [1.54, 1.807) is 55.0 Å². The van der Waals surface area contributed by atoms with Crippen LogP contribution in [0.4, 0.5) is 0 Å². The minimum Gasteiger partial charge on any atom is -0.465 e. The Labute approximate surface area is 220 Å². The third-order valence-electron chi connectivity index (χ3n) is 6.02. The molecule has 0 saturated carbocycles. The molecule has 0 fully saturated rings. The maximum absolute atomic E-state index is 11.9. The molecule has 0 spiro atoms. The summed E-state index contributed by atoms with van der Waals surface area (Å²) in [5, 5.41) is 5.26. The molecule has 1 N–H and O–H groups in total. The number of aromatic amines is 1. The average Bonchev–Trinajstić information content (AvgIpc) is 2.96. The van der Waals surface area contributed by atoms with Crippen molar-refractivity contribution in [1.82, 2.24) is 19.9 Å². The van der Waals surface area contributed by atoms with Crippen LogP contribution in [0.15, 0.2) is 78.1 Å². The lowest BCUT2D eigenvalue weighted by Gasteiger charge is -2.06. The van der Waals surface area contributed by atoms with Gasteiger partial charge >= 0.3 is 11.9 Å². The molecule has 6 aromatic rings. The fourth-order valence-electron chi connectivity index (χ4n) is 4.18. The van der Waals surface area contributed by atoms with Crippen molar-refractivity contribution in [1.29, 1.82) is 0 Å². The van der Waals surface area contributed by atoms with Crippen molar-refractivity contribution in [3.8, 4) is 0 Å². The van der Waals surface area contributed by atoms with E-state index in [2.05, 4.69) is 24.7 Å². The van der Waals surface area contributed by atoms with Gasteiger partial charge in [-0.2, -0.15) is 0 Å². The number of nitrogens with one attached hydrogen (secondary N) is 1. The highest BCUT2D eigenvalue weighted by Crippen LogP contribution is 2.29. The number of benzene rings is 2. The molecule has 0 radical (unpaired) electrons. The number of halogens is 1. The van der Waals surface area contributed by atoms with Crippen LogP contribution in [0.2, 0.25) is 5.15 Å². The Morgan fingerprint density at radius 1 is 0.737 bits per heavy atom. The van der Waals surface area contributed by atoms with Crippen LogP contribution in [0.1, 0.15) is 20.7 Å². The van der Waals surface area contributed by atoms with E-state index < -0.39 is 11.9 Å². The molecule has 6 rings (SSSR count).